The fraction of sp³-hybridized carbons (Fsp3) is 0.381. The van der Waals surface area contributed by atoms with Crippen molar-refractivity contribution in [3.8, 4) is 17.8 Å². The van der Waals surface area contributed by atoms with Crippen molar-refractivity contribution in [1.29, 1.82) is 5.26 Å². The minimum absolute atomic E-state index is 0.0814. The molecule has 6 nitrogen and oxygen atoms in total. The molecule has 1 saturated carbocycles. The summed E-state index contributed by atoms with van der Waals surface area (Å²) in [7, 11) is 0. The normalized spacial score (nSPS) is 19.0. The third kappa shape index (κ3) is 2.99. The third-order valence-corrected chi connectivity index (χ3v) is 5.47. The van der Waals surface area contributed by atoms with Gasteiger partial charge in [0.2, 0.25) is 0 Å². The van der Waals surface area contributed by atoms with Gasteiger partial charge >= 0.3 is 0 Å². The molecule has 1 aliphatic carbocycles. The molecule has 27 heavy (non-hydrogen) atoms. The topological polar surface area (TPSA) is 73.0 Å². The summed E-state index contributed by atoms with van der Waals surface area (Å²) >= 11 is 0. The van der Waals surface area contributed by atoms with Crippen LogP contribution in [0, 0.1) is 11.3 Å². The molecule has 1 aromatic carbocycles. The molecule has 0 amide bonds. The zero-order chi connectivity index (χ0) is 18.2. The number of hydrogen-bond acceptors (Lipinski definition) is 5. The van der Waals surface area contributed by atoms with E-state index in [4.69, 9.17) is 14.7 Å². The van der Waals surface area contributed by atoms with E-state index >= 15 is 0 Å². The van der Waals surface area contributed by atoms with E-state index in [2.05, 4.69) is 22.1 Å². The minimum atomic E-state index is -0.0814. The number of pyridine rings is 1. The first-order valence-electron chi connectivity index (χ1n) is 9.46. The summed E-state index contributed by atoms with van der Waals surface area (Å²) in [6.07, 6.45) is 6.86. The molecular weight excluding hydrogens is 340 g/mol. The molecule has 5 rings (SSSR count). The Hall–Kier alpha value is -3.07. The van der Waals surface area contributed by atoms with Gasteiger partial charge < -0.3 is 9.47 Å². The largest absolute Gasteiger partial charge is 0.488 e. The van der Waals surface area contributed by atoms with Crippen LogP contribution in [0.3, 0.4) is 0 Å². The van der Waals surface area contributed by atoms with Gasteiger partial charge in [-0.25, -0.2) is 0 Å². The van der Waals surface area contributed by atoms with Crippen LogP contribution in [0.4, 0.5) is 0 Å². The quantitative estimate of drug-likeness (QED) is 0.707. The van der Waals surface area contributed by atoms with E-state index in [0.717, 1.165) is 16.8 Å². The lowest BCUT2D eigenvalue weighted by molar-refractivity contribution is 0.143. The van der Waals surface area contributed by atoms with Crippen LogP contribution in [0.2, 0.25) is 0 Å². The molecule has 0 N–H and O–H groups in total. The average Bonchev–Trinajstić information content (AvgIpc) is 3.42. The highest BCUT2D eigenvalue weighted by Crippen LogP contribution is 2.33. The fourth-order valence-electron chi connectivity index (χ4n) is 4.05. The van der Waals surface area contributed by atoms with Crippen LogP contribution >= 0.6 is 0 Å². The summed E-state index contributed by atoms with van der Waals surface area (Å²) in [6.45, 7) is 1.14. The number of ether oxygens (including phenoxy) is 2. The maximum atomic E-state index is 9.01. The molecule has 2 aromatic heterocycles. The average molecular weight is 360 g/mol. The predicted molar refractivity (Wildman–Crippen MR) is 99.8 cm³/mol. The minimum Gasteiger partial charge on any atom is -0.488 e. The van der Waals surface area contributed by atoms with Gasteiger partial charge in [-0.05, 0) is 43.2 Å². The number of aromatic nitrogens is 3. The van der Waals surface area contributed by atoms with Crippen molar-refractivity contribution < 1.29 is 9.47 Å². The van der Waals surface area contributed by atoms with Gasteiger partial charge in [-0.15, -0.1) is 0 Å². The molecule has 0 unspecified atom stereocenters. The third-order valence-electron chi connectivity index (χ3n) is 5.47. The standard InChI is InChI=1S/C21H20N4O2/c22-10-14-5-8-20-19(9-14)24-21-25(20)12-17(27-21)13-26-16-6-7-18(23-11-16)15-3-1-2-4-15/h5-9,11,15,17H,1-4,12-13H2/t17-/m0/s1. The van der Waals surface area contributed by atoms with Crippen LogP contribution in [0.5, 0.6) is 11.8 Å². The van der Waals surface area contributed by atoms with E-state index in [1.54, 1.807) is 12.1 Å². The van der Waals surface area contributed by atoms with Crippen LogP contribution in [0.15, 0.2) is 36.5 Å². The first-order chi connectivity index (χ1) is 13.3. The Morgan fingerprint density at radius 2 is 2.11 bits per heavy atom. The molecule has 0 radical (unpaired) electrons. The van der Waals surface area contributed by atoms with Crippen LogP contribution in [-0.2, 0) is 6.54 Å². The highest BCUT2D eigenvalue weighted by Gasteiger charge is 2.27. The van der Waals surface area contributed by atoms with Gasteiger partial charge in [0.15, 0.2) is 6.10 Å². The van der Waals surface area contributed by atoms with Crippen molar-refractivity contribution >= 4 is 11.0 Å². The molecule has 2 aliphatic rings. The Morgan fingerprint density at radius 1 is 1.22 bits per heavy atom. The van der Waals surface area contributed by atoms with Gasteiger partial charge in [0.1, 0.15) is 12.4 Å². The second-order valence-corrected chi connectivity index (χ2v) is 7.27. The Balaban J connectivity index is 1.22. The van der Waals surface area contributed by atoms with Gasteiger partial charge in [0, 0.05) is 11.6 Å². The van der Waals surface area contributed by atoms with Crippen LogP contribution in [-0.4, -0.2) is 27.2 Å². The number of rotatable bonds is 4. The molecule has 1 aliphatic heterocycles. The van der Waals surface area contributed by atoms with Crippen LogP contribution < -0.4 is 9.47 Å². The first-order valence-corrected chi connectivity index (χ1v) is 9.46. The molecule has 6 heteroatoms. The Kier molecular flexibility index (Phi) is 3.93. The molecular formula is C21H20N4O2. The number of nitrogens with zero attached hydrogens (tertiary/aromatic N) is 4. The van der Waals surface area contributed by atoms with Gasteiger partial charge in [-0.3, -0.25) is 9.55 Å². The first kappa shape index (κ1) is 16.1. The molecule has 0 saturated heterocycles. The van der Waals surface area contributed by atoms with E-state index in [-0.39, 0.29) is 6.10 Å². The van der Waals surface area contributed by atoms with Gasteiger partial charge in [-0.1, -0.05) is 12.8 Å². The van der Waals surface area contributed by atoms with Crippen molar-refractivity contribution in [2.24, 2.45) is 0 Å². The molecule has 0 bridgehead atoms. The van der Waals surface area contributed by atoms with Crippen molar-refractivity contribution in [2.45, 2.75) is 44.2 Å². The van der Waals surface area contributed by atoms with Crippen molar-refractivity contribution in [3.05, 3.63) is 47.8 Å². The van der Waals surface area contributed by atoms with Crippen molar-refractivity contribution in [2.75, 3.05) is 6.61 Å². The Morgan fingerprint density at radius 3 is 2.89 bits per heavy atom. The monoisotopic (exact) mass is 360 g/mol. The van der Waals surface area contributed by atoms with E-state index in [1.807, 2.05) is 22.9 Å². The van der Waals surface area contributed by atoms with E-state index in [0.29, 0.717) is 30.6 Å². The highest BCUT2D eigenvalue weighted by molar-refractivity contribution is 5.78. The van der Waals surface area contributed by atoms with E-state index < -0.39 is 0 Å². The van der Waals surface area contributed by atoms with Gasteiger partial charge in [0.25, 0.3) is 6.01 Å². The molecule has 136 valence electrons. The summed E-state index contributed by atoms with van der Waals surface area (Å²) < 4.78 is 13.8. The second kappa shape index (κ2) is 6.58. The fourth-order valence-corrected chi connectivity index (χ4v) is 4.05. The second-order valence-electron chi connectivity index (χ2n) is 7.27. The van der Waals surface area contributed by atoms with E-state index in [9.17, 15) is 0 Å². The lowest BCUT2D eigenvalue weighted by Gasteiger charge is -2.13. The van der Waals surface area contributed by atoms with Crippen LogP contribution in [0.25, 0.3) is 11.0 Å². The number of benzene rings is 1. The summed E-state index contributed by atoms with van der Waals surface area (Å²) in [6, 6.07) is 12.3. The zero-order valence-corrected chi connectivity index (χ0v) is 15.0. The number of fused-ring (bicyclic) bond motifs is 3. The van der Waals surface area contributed by atoms with Gasteiger partial charge in [0.05, 0.1) is 35.4 Å². The molecule has 1 atom stereocenters. The highest BCUT2D eigenvalue weighted by atomic mass is 16.6. The Bertz CT molecular complexity index is 1010. The SMILES string of the molecule is N#Cc1ccc2c(c1)nc1n2C[C@@H](COc2ccc(C3CCCC3)nc2)O1. The van der Waals surface area contributed by atoms with Crippen molar-refractivity contribution in [1.82, 2.24) is 14.5 Å². The predicted octanol–water partition coefficient (Wildman–Crippen LogP) is 3.80. The zero-order valence-electron chi connectivity index (χ0n) is 15.0. The maximum absolute atomic E-state index is 9.01. The number of nitriles is 1. The number of imidazole rings is 1. The Labute approximate surface area is 157 Å². The smallest absolute Gasteiger partial charge is 0.297 e. The van der Waals surface area contributed by atoms with Crippen LogP contribution in [0.1, 0.15) is 42.9 Å². The maximum Gasteiger partial charge on any atom is 0.297 e. The lowest BCUT2D eigenvalue weighted by Crippen LogP contribution is -2.23. The molecule has 3 heterocycles. The molecule has 3 aromatic rings. The molecule has 1 fully saturated rings. The van der Waals surface area contributed by atoms with E-state index in [1.165, 1.54) is 31.4 Å². The summed E-state index contributed by atoms with van der Waals surface area (Å²) in [5, 5.41) is 9.01. The molecule has 0 spiro atoms. The lowest BCUT2D eigenvalue weighted by atomic mass is 10.0. The van der Waals surface area contributed by atoms with Gasteiger partial charge in [-0.2, -0.15) is 10.2 Å². The summed E-state index contributed by atoms with van der Waals surface area (Å²) in [5.74, 6) is 1.39. The van der Waals surface area contributed by atoms with Crippen molar-refractivity contribution in [3.63, 3.8) is 0 Å². The number of hydrogen-bond donors (Lipinski definition) is 0. The summed E-state index contributed by atoms with van der Waals surface area (Å²) in [5.41, 5.74) is 3.55. The summed E-state index contributed by atoms with van der Waals surface area (Å²) in [4.78, 5) is 9.07.